The summed E-state index contributed by atoms with van der Waals surface area (Å²) in [5.41, 5.74) is 1.91. The molecule has 0 aliphatic heterocycles. The molecule has 0 saturated carbocycles. The van der Waals surface area contributed by atoms with Crippen molar-refractivity contribution in [2.45, 2.75) is 6.54 Å². The molecule has 3 aromatic rings. The van der Waals surface area contributed by atoms with Crippen molar-refractivity contribution in [2.24, 2.45) is 0 Å². The van der Waals surface area contributed by atoms with Gasteiger partial charge in [0.05, 0.1) is 10.6 Å². The molecule has 2 N–H and O–H groups in total. The molecule has 1 amide bonds. The predicted octanol–water partition coefficient (Wildman–Crippen LogP) is 4.03. The fourth-order valence-electron chi connectivity index (χ4n) is 2.48. The van der Waals surface area contributed by atoms with Crippen molar-refractivity contribution in [1.29, 1.82) is 0 Å². The molecule has 1 heterocycles. The number of nitrogens with one attached hydrogen (secondary N) is 2. The first-order valence-electron chi connectivity index (χ1n) is 8.58. The van der Waals surface area contributed by atoms with Crippen LogP contribution in [0.2, 0.25) is 0 Å². The lowest BCUT2D eigenvalue weighted by molar-refractivity contribution is 0.0960. The molecule has 8 heteroatoms. The van der Waals surface area contributed by atoms with Crippen LogP contribution in [0.25, 0.3) is 10.4 Å². The lowest BCUT2D eigenvalue weighted by Crippen LogP contribution is -2.34. The molecule has 2 aromatic carbocycles. The summed E-state index contributed by atoms with van der Waals surface area (Å²) in [7, 11) is -3.47. The molecule has 0 saturated heterocycles. The molecular formula is C20H19BrN2O3S2. The van der Waals surface area contributed by atoms with Gasteiger partial charge in [-0.15, -0.1) is 11.3 Å². The highest BCUT2D eigenvalue weighted by Gasteiger charge is 2.13. The number of carbonyl (C=O) groups is 1. The topological polar surface area (TPSA) is 75.3 Å². The second-order valence-electron chi connectivity index (χ2n) is 6.05. The van der Waals surface area contributed by atoms with E-state index in [2.05, 4.69) is 26.0 Å². The van der Waals surface area contributed by atoms with E-state index in [1.165, 1.54) is 11.3 Å². The minimum Gasteiger partial charge on any atom is -0.350 e. The van der Waals surface area contributed by atoms with Gasteiger partial charge < -0.3 is 5.32 Å². The average molecular weight is 479 g/mol. The number of thiophene rings is 1. The molecule has 1 aromatic heterocycles. The summed E-state index contributed by atoms with van der Waals surface area (Å²) < 4.78 is 27.7. The Morgan fingerprint density at radius 2 is 1.68 bits per heavy atom. The van der Waals surface area contributed by atoms with E-state index in [4.69, 9.17) is 0 Å². The van der Waals surface area contributed by atoms with Crippen LogP contribution in [0.1, 0.15) is 15.2 Å². The first-order valence-corrected chi connectivity index (χ1v) is 11.8. The van der Waals surface area contributed by atoms with Crippen LogP contribution in [-0.4, -0.2) is 26.6 Å². The fourth-order valence-corrected chi connectivity index (χ4v) is 4.57. The van der Waals surface area contributed by atoms with E-state index in [-0.39, 0.29) is 24.7 Å². The van der Waals surface area contributed by atoms with Gasteiger partial charge in [0.25, 0.3) is 5.91 Å². The van der Waals surface area contributed by atoms with E-state index >= 15 is 0 Å². The van der Waals surface area contributed by atoms with Crippen molar-refractivity contribution in [2.75, 3.05) is 12.3 Å². The number of halogens is 1. The summed E-state index contributed by atoms with van der Waals surface area (Å²) in [6.07, 6.45) is 0. The van der Waals surface area contributed by atoms with Gasteiger partial charge in [0.2, 0.25) is 10.0 Å². The zero-order valence-electron chi connectivity index (χ0n) is 14.9. The average Bonchev–Trinajstić information content (AvgIpc) is 3.18. The number of amides is 1. The van der Waals surface area contributed by atoms with Crippen molar-refractivity contribution >= 4 is 43.2 Å². The quantitative estimate of drug-likeness (QED) is 0.513. The summed E-state index contributed by atoms with van der Waals surface area (Å²) in [6, 6.07) is 20.8. The normalized spacial score (nSPS) is 11.3. The van der Waals surface area contributed by atoms with Gasteiger partial charge in [-0.05, 0) is 35.4 Å². The highest BCUT2D eigenvalue weighted by atomic mass is 79.9. The maximum atomic E-state index is 12.3. The van der Waals surface area contributed by atoms with Gasteiger partial charge in [0, 0.05) is 22.4 Å². The minimum absolute atomic E-state index is 0.0501. The number of sulfonamides is 1. The van der Waals surface area contributed by atoms with Gasteiger partial charge in [-0.2, -0.15) is 0 Å². The van der Waals surface area contributed by atoms with Gasteiger partial charge in [-0.1, -0.05) is 58.4 Å². The second kappa shape index (κ2) is 9.47. The molecule has 0 unspecified atom stereocenters. The van der Waals surface area contributed by atoms with E-state index in [9.17, 15) is 13.2 Å². The van der Waals surface area contributed by atoms with Crippen LogP contribution in [0.4, 0.5) is 0 Å². The summed E-state index contributed by atoms with van der Waals surface area (Å²) in [5.74, 6) is -0.442. The van der Waals surface area contributed by atoms with Crippen LogP contribution in [0, 0.1) is 0 Å². The van der Waals surface area contributed by atoms with Crippen LogP contribution in [0.5, 0.6) is 0 Å². The highest BCUT2D eigenvalue weighted by Crippen LogP contribution is 2.29. The Balaban J connectivity index is 1.49. The van der Waals surface area contributed by atoms with Crippen molar-refractivity contribution < 1.29 is 13.2 Å². The summed E-state index contributed by atoms with van der Waals surface area (Å²) in [6.45, 7) is 0.285. The SMILES string of the molecule is O=C(NCCS(=O)(=O)NCc1ccccc1)c1ccc(-c2ccc(Br)cc2)s1. The Morgan fingerprint density at radius 1 is 0.964 bits per heavy atom. The third-order valence-electron chi connectivity index (χ3n) is 3.95. The van der Waals surface area contributed by atoms with Gasteiger partial charge in [0.15, 0.2) is 0 Å². The third kappa shape index (κ3) is 6.00. The lowest BCUT2D eigenvalue weighted by Gasteiger charge is -2.07. The molecule has 0 radical (unpaired) electrons. The zero-order valence-corrected chi connectivity index (χ0v) is 18.1. The molecule has 0 atom stereocenters. The number of rotatable bonds is 8. The highest BCUT2D eigenvalue weighted by molar-refractivity contribution is 9.10. The van der Waals surface area contributed by atoms with Crippen LogP contribution >= 0.6 is 27.3 Å². The molecule has 146 valence electrons. The van der Waals surface area contributed by atoms with Crippen LogP contribution in [0.15, 0.2) is 71.2 Å². The Hall–Kier alpha value is -2.00. The van der Waals surface area contributed by atoms with Crippen LogP contribution < -0.4 is 10.0 Å². The van der Waals surface area contributed by atoms with Crippen molar-refractivity contribution in [3.8, 4) is 10.4 Å². The van der Waals surface area contributed by atoms with Crippen LogP contribution in [0.3, 0.4) is 0 Å². The van der Waals surface area contributed by atoms with Crippen molar-refractivity contribution in [1.82, 2.24) is 10.0 Å². The van der Waals surface area contributed by atoms with E-state index in [0.29, 0.717) is 4.88 Å². The third-order valence-corrected chi connectivity index (χ3v) is 6.94. The molecule has 0 aliphatic rings. The monoisotopic (exact) mass is 478 g/mol. The molecular weight excluding hydrogens is 460 g/mol. The molecule has 0 aliphatic carbocycles. The van der Waals surface area contributed by atoms with Gasteiger partial charge in [0.1, 0.15) is 0 Å². The Bertz CT molecular complexity index is 1030. The maximum Gasteiger partial charge on any atom is 0.261 e. The van der Waals surface area contributed by atoms with Gasteiger partial charge >= 0.3 is 0 Å². The molecule has 3 rings (SSSR count). The summed E-state index contributed by atoms with van der Waals surface area (Å²) in [5, 5.41) is 2.67. The Kier molecular flexibility index (Phi) is 7.01. The first kappa shape index (κ1) is 20.7. The van der Waals surface area contributed by atoms with E-state index in [1.54, 1.807) is 6.07 Å². The maximum absolute atomic E-state index is 12.3. The van der Waals surface area contributed by atoms with Gasteiger partial charge in [-0.25, -0.2) is 13.1 Å². The second-order valence-corrected chi connectivity index (χ2v) is 9.98. The zero-order chi connectivity index (χ0) is 20.0. The summed E-state index contributed by atoms with van der Waals surface area (Å²) in [4.78, 5) is 13.8. The number of benzene rings is 2. The number of carbonyl (C=O) groups excluding carboxylic acids is 1. The number of hydrogen-bond acceptors (Lipinski definition) is 4. The van der Waals surface area contributed by atoms with E-state index < -0.39 is 10.0 Å². The molecule has 0 bridgehead atoms. The largest absolute Gasteiger partial charge is 0.350 e. The lowest BCUT2D eigenvalue weighted by atomic mass is 10.2. The van der Waals surface area contributed by atoms with Gasteiger partial charge in [-0.3, -0.25) is 4.79 Å². The molecule has 28 heavy (non-hydrogen) atoms. The van der Waals surface area contributed by atoms with Crippen molar-refractivity contribution in [3.05, 3.63) is 81.6 Å². The molecule has 5 nitrogen and oxygen atoms in total. The predicted molar refractivity (Wildman–Crippen MR) is 117 cm³/mol. The Morgan fingerprint density at radius 3 is 2.39 bits per heavy atom. The smallest absolute Gasteiger partial charge is 0.261 e. The Labute approximate surface area is 177 Å². The molecule has 0 fully saturated rings. The van der Waals surface area contributed by atoms with Crippen molar-refractivity contribution in [3.63, 3.8) is 0 Å². The standard InChI is InChI=1S/C20H19BrN2O3S2/c21-17-8-6-16(7-9-17)18-10-11-19(27-18)20(24)22-12-13-28(25,26)23-14-15-4-2-1-3-5-15/h1-11,23H,12-14H2,(H,22,24). The van der Waals surface area contributed by atoms with E-state index in [1.807, 2.05) is 60.7 Å². The number of hydrogen-bond donors (Lipinski definition) is 2. The minimum atomic E-state index is -3.47. The first-order chi connectivity index (χ1) is 13.4. The summed E-state index contributed by atoms with van der Waals surface area (Å²) >= 11 is 4.77. The van der Waals surface area contributed by atoms with Crippen LogP contribution in [-0.2, 0) is 16.6 Å². The molecule has 0 spiro atoms. The fraction of sp³-hybridized carbons (Fsp3) is 0.150. The van der Waals surface area contributed by atoms with E-state index in [0.717, 1.165) is 20.5 Å².